The van der Waals surface area contributed by atoms with Crippen molar-refractivity contribution in [3.8, 4) is 23.0 Å². The third-order valence-electron chi connectivity index (χ3n) is 11.8. The Labute approximate surface area is 275 Å². The molecule has 5 heterocycles. The van der Waals surface area contributed by atoms with Gasteiger partial charge in [0.15, 0.2) is 5.82 Å². The van der Waals surface area contributed by atoms with Gasteiger partial charge in [0.1, 0.15) is 28.6 Å². The summed E-state index contributed by atoms with van der Waals surface area (Å²) in [6.45, 7) is 6.28. The SMILES string of the molecule is Cc1c(F)ccc2cc(O)cc(-c3nc4c5c(nc(OCC6(CN7CCC8(CC7)CC8(F)F)CC6)nc5c3F)N3CCNCC3CC4)c12. The molecule has 3 aliphatic heterocycles. The summed E-state index contributed by atoms with van der Waals surface area (Å²) in [5.74, 6) is -3.08. The van der Waals surface area contributed by atoms with E-state index in [0.29, 0.717) is 84.3 Å². The molecule has 1 atom stereocenters. The van der Waals surface area contributed by atoms with Crippen molar-refractivity contribution < 1.29 is 27.4 Å². The number of aromatic nitrogens is 3. The summed E-state index contributed by atoms with van der Waals surface area (Å²) in [5.41, 5.74) is 0.495. The zero-order valence-electron chi connectivity index (χ0n) is 26.9. The monoisotopic (exact) mass is 662 g/mol. The second kappa shape index (κ2) is 10.6. The van der Waals surface area contributed by atoms with E-state index in [1.165, 1.54) is 18.2 Å². The maximum atomic E-state index is 16.9. The van der Waals surface area contributed by atoms with Crippen LogP contribution in [0.4, 0.5) is 23.4 Å². The van der Waals surface area contributed by atoms with Crippen LogP contribution in [0.3, 0.4) is 0 Å². The zero-order valence-corrected chi connectivity index (χ0v) is 26.9. The van der Waals surface area contributed by atoms with E-state index >= 15 is 4.39 Å². The molecule has 0 amide bonds. The number of ether oxygens (including phenoxy) is 1. The van der Waals surface area contributed by atoms with Crippen LogP contribution in [0.2, 0.25) is 0 Å². The summed E-state index contributed by atoms with van der Waals surface area (Å²) in [4.78, 5) is 18.9. The minimum absolute atomic E-state index is 0.00321. The Kier molecular flexibility index (Phi) is 6.70. The van der Waals surface area contributed by atoms with Crippen molar-refractivity contribution in [3.63, 3.8) is 0 Å². The molecule has 5 aliphatic rings. The number of nitrogens with zero attached hydrogens (tertiary/aromatic N) is 5. The molecule has 0 radical (unpaired) electrons. The van der Waals surface area contributed by atoms with Gasteiger partial charge < -0.3 is 25.0 Å². The van der Waals surface area contributed by atoms with Crippen LogP contribution in [-0.2, 0) is 6.42 Å². The second-order valence-electron chi connectivity index (χ2n) is 14.9. The van der Waals surface area contributed by atoms with E-state index in [1.807, 2.05) is 0 Å². The number of hydrogen-bond donors (Lipinski definition) is 2. The Bertz CT molecular complexity index is 1980. The van der Waals surface area contributed by atoms with Crippen LogP contribution in [0.5, 0.6) is 11.8 Å². The minimum Gasteiger partial charge on any atom is -0.508 e. The Morgan fingerprint density at radius 3 is 2.56 bits per heavy atom. The number of aromatic hydroxyl groups is 1. The van der Waals surface area contributed by atoms with Gasteiger partial charge in [-0.25, -0.2) is 22.5 Å². The Hall–Kier alpha value is -3.77. The molecule has 48 heavy (non-hydrogen) atoms. The number of halogens is 4. The van der Waals surface area contributed by atoms with Crippen molar-refractivity contribution in [1.29, 1.82) is 0 Å². The molecule has 9 rings (SSSR count). The highest BCUT2D eigenvalue weighted by Crippen LogP contribution is 2.66. The number of pyridine rings is 1. The number of hydrogen-bond acceptors (Lipinski definition) is 8. The number of fused-ring (bicyclic) bond motifs is 3. The first-order valence-electron chi connectivity index (χ1n) is 17.1. The highest BCUT2D eigenvalue weighted by Gasteiger charge is 2.70. The molecule has 12 heteroatoms. The molecular weight excluding hydrogens is 624 g/mol. The molecule has 2 saturated carbocycles. The van der Waals surface area contributed by atoms with Gasteiger partial charge in [0.2, 0.25) is 0 Å². The molecule has 4 fully saturated rings. The molecule has 0 bridgehead atoms. The number of aryl methyl sites for hydroxylation is 2. The third kappa shape index (κ3) is 4.80. The average molecular weight is 663 g/mol. The van der Waals surface area contributed by atoms with Gasteiger partial charge in [-0.2, -0.15) is 9.97 Å². The van der Waals surface area contributed by atoms with E-state index < -0.39 is 23.0 Å². The smallest absolute Gasteiger partial charge is 0.319 e. The molecule has 8 nitrogen and oxygen atoms in total. The normalized spacial score (nSPS) is 23.7. The highest BCUT2D eigenvalue weighted by molar-refractivity contribution is 6.02. The van der Waals surface area contributed by atoms with Crippen LogP contribution < -0.4 is 15.0 Å². The number of nitrogens with one attached hydrogen (secondary N) is 1. The summed E-state index contributed by atoms with van der Waals surface area (Å²) in [7, 11) is 0. The topological polar surface area (TPSA) is 86.6 Å². The maximum Gasteiger partial charge on any atom is 0.319 e. The molecule has 2 N–H and O–H groups in total. The Morgan fingerprint density at radius 1 is 1.02 bits per heavy atom. The lowest BCUT2D eigenvalue weighted by molar-refractivity contribution is 0.0252. The summed E-state index contributed by atoms with van der Waals surface area (Å²) in [6, 6.07) is 6.09. The van der Waals surface area contributed by atoms with Crippen molar-refractivity contribution in [2.45, 2.75) is 63.8 Å². The fraction of sp³-hybridized carbons (Fsp3) is 0.528. The van der Waals surface area contributed by atoms with Crippen molar-refractivity contribution in [3.05, 3.63) is 47.2 Å². The zero-order chi connectivity index (χ0) is 33.0. The number of piperazine rings is 1. The summed E-state index contributed by atoms with van der Waals surface area (Å²) in [5, 5.41) is 15.7. The minimum atomic E-state index is -2.51. The van der Waals surface area contributed by atoms with Crippen LogP contribution in [0.15, 0.2) is 24.3 Å². The van der Waals surface area contributed by atoms with Crippen LogP contribution in [0, 0.1) is 29.4 Å². The number of rotatable bonds is 6. The van der Waals surface area contributed by atoms with E-state index in [9.17, 15) is 18.3 Å². The van der Waals surface area contributed by atoms with Gasteiger partial charge in [0, 0.05) is 55.0 Å². The van der Waals surface area contributed by atoms with Crippen LogP contribution in [-0.4, -0.2) is 82.8 Å². The van der Waals surface area contributed by atoms with Crippen LogP contribution in [0.1, 0.15) is 49.8 Å². The first kappa shape index (κ1) is 30.3. The number of benzene rings is 2. The van der Waals surface area contributed by atoms with Gasteiger partial charge in [0.25, 0.3) is 5.92 Å². The number of piperidine rings is 1. The Balaban J connectivity index is 1.09. The summed E-state index contributed by atoms with van der Waals surface area (Å²) >= 11 is 0. The molecule has 1 spiro atoms. The lowest BCUT2D eigenvalue weighted by atomic mass is 9.92. The average Bonchev–Trinajstić information content (AvgIpc) is 3.97. The molecule has 252 valence electrons. The van der Waals surface area contributed by atoms with Gasteiger partial charge in [0.05, 0.1) is 17.7 Å². The largest absolute Gasteiger partial charge is 0.508 e. The Morgan fingerprint density at radius 2 is 1.81 bits per heavy atom. The second-order valence-corrected chi connectivity index (χ2v) is 14.9. The van der Waals surface area contributed by atoms with Crippen molar-refractivity contribution >= 4 is 27.5 Å². The third-order valence-corrected chi connectivity index (χ3v) is 11.8. The van der Waals surface area contributed by atoms with E-state index in [0.717, 1.165) is 38.9 Å². The standard InChI is InChI=1S/C36H38F4N6O2/c1-20-25(37)4-2-21-14-23(47)15-24(27(20)21)30-29(38)31-28-26(42-30)5-3-22-16-41-10-13-46(22)32(28)44-33(43-31)48-19-34(6-7-34)18-45-11-8-35(9-12-45)17-36(35,39)40/h2,4,14-15,22,41,47H,3,5-13,16-19H2,1H3. The number of likely N-dealkylation sites (tertiary alicyclic amines) is 1. The molecule has 2 aliphatic carbocycles. The molecule has 2 saturated heterocycles. The van der Waals surface area contributed by atoms with E-state index in [4.69, 9.17) is 14.7 Å². The lowest BCUT2D eigenvalue weighted by Gasteiger charge is -2.36. The van der Waals surface area contributed by atoms with Crippen LogP contribution >= 0.6 is 0 Å². The fourth-order valence-electron chi connectivity index (χ4n) is 8.51. The molecule has 4 aromatic rings. The molecule has 2 aromatic carbocycles. The van der Waals surface area contributed by atoms with Crippen LogP contribution in [0.25, 0.3) is 32.9 Å². The van der Waals surface area contributed by atoms with Gasteiger partial charge in [-0.3, -0.25) is 0 Å². The molecule has 2 aromatic heterocycles. The van der Waals surface area contributed by atoms with Crippen molar-refractivity contribution in [2.75, 3.05) is 50.8 Å². The first-order valence-corrected chi connectivity index (χ1v) is 17.1. The summed E-state index contributed by atoms with van der Waals surface area (Å²) < 4.78 is 66.0. The van der Waals surface area contributed by atoms with Gasteiger partial charge in [-0.15, -0.1) is 0 Å². The number of phenolic OH excluding ortho intramolecular Hbond substituents is 1. The van der Waals surface area contributed by atoms with Crippen molar-refractivity contribution in [1.82, 2.24) is 25.2 Å². The molecular formula is C36H38F4N6O2. The van der Waals surface area contributed by atoms with Gasteiger partial charge in [-0.05, 0) is 93.1 Å². The van der Waals surface area contributed by atoms with Gasteiger partial charge >= 0.3 is 6.01 Å². The van der Waals surface area contributed by atoms with Gasteiger partial charge in [-0.1, -0.05) is 6.07 Å². The van der Waals surface area contributed by atoms with E-state index in [1.54, 1.807) is 13.0 Å². The predicted octanol–water partition coefficient (Wildman–Crippen LogP) is 6.14. The maximum absolute atomic E-state index is 16.9. The highest BCUT2D eigenvalue weighted by atomic mass is 19.3. The molecule has 1 unspecified atom stereocenters. The van der Waals surface area contributed by atoms with E-state index in [-0.39, 0.29) is 40.8 Å². The number of anilines is 1. The number of phenols is 1. The quantitative estimate of drug-likeness (QED) is 0.238. The van der Waals surface area contributed by atoms with E-state index in [2.05, 4.69) is 20.1 Å². The predicted molar refractivity (Wildman–Crippen MR) is 174 cm³/mol. The lowest BCUT2D eigenvalue weighted by Crippen LogP contribution is -2.51. The van der Waals surface area contributed by atoms with Crippen molar-refractivity contribution in [2.24, 2.45) is 10.8 Å². The fourth-order valence-corrected chi connectivity index (χ4v) is 8.51. The number of alkyl halides is 2. The first-order chi connectivity index (χ1) is 23.1. The summed E-state index contributed by atoms with van der Waals surface area (Å²) in [6.07, 6.45) is 4.32.